The number of benzene rings is 5. The third-order valence-corrected chi connectivity index (χ3v) is 5.88. The first-order chi connectivity index (χ1) is 14.3. The van der Waals surface area contributed by atoms with Crippen LogP contribution in [0.1, 0.15) is 5.56 Å². The fourth-order valence-electron chi connectivity index (χ4n) is 4.53. The highest BCUT2D eigenvalue weighted by Gasteiger charge is 2.13. The fourth-order valence-corrected chi connectivity index (χ4v) is 4.53. The smallest absolute Gasteiger partial charge is 0.135 e. The van der Waals surface area contributed by atoms with Crippen LogP contribution in [0.5, 0.6) is 0 Å². The van der Waals surface area contributed by atoms with Crippen molar-refractivity contribution in [3.63, 3.8) is 0 Å². The van der Waals surface area contributed by atoms with E-state index in [2.05, 4.69) is 78.9 Å². The maximum absolute atomic E-state index is 6.09. The zero-order valence-corrected chi connectivity index (χ0v) is 15.9. The molecule has 0 fully saturated rings. The molecule has 0 saturated heterocycles. The second-order valence-corrected chi connectivity index (χ2v) is 7.50. The largest absolute Gasteiger partial charge is 0.456 e. The van der Waals surface area contributed by atoms with Crippen LogP contribution in [0.15, 0.2) is 95.4 Å². The first-order valence-electron chi connectivity index (χ1n) is 9.88. The van der Waals surface area contributed by atoms with Crippen LogP contribution in [0.25, 0.3) is 54.6 Å². The van der Waals surface area contributed by atoms with Crippen LogP contribution >= 0.6 is 0 Å². The molecule has 0 bridgehead atoms. The van der Waals surface area contributed by atoms with Gasteiger partial charge in [-0.15, -0.1) is 0 Å². The molecule has 138 valence electrons. The number of hydrogen-bond acceptors (Lipinski definition) is 2. The van der Waals surface area contributed by atoms with Crippen molar-refractivity contribution in [2.24, 2.45) is 5.73 Å². The Morgan fingerprint density at radius 2 is 1.41 bits per heavy atom. The van der Waals surface area contributed by atoms with E-state index in [1.54, 1.807) is 0 Å². The van der Waals surface area contributed by atoms with Crippen LogP contribution in [-0.2, 0) is 6.54 Å². The van der Waals surface area contributed by atoms with Gasteiger partial charge in [-0.2, -0.15) is 0 Å². The van der Waals surface area contributed by atoms with Crippen LogP contribution in [0.3, 0.4) is 0 Å². The van der Waals surface area contributed by atoms with Crippen LogP contribution in [-0.4, -0.2) is 0 Å². The molecule has 0 radical (unpaired) electrons. The topological polar surface area (TPSA) is 39.2 Å². The van der Waals surface area contributed by atoms with E-state index < -0.39 is 0 Å². The summed E-state index contributed by atoms with van der Waals surface area (Å²) in [5.74, 6) is 0. The summed E-state index contributed by atoms with van der Waals surface area (Å²) in [6.07, 6.45) is 0. The fraction of sp³-hybridized carbons (Fsp3) is 0.0370. The molecular formula is C27H19NO. The van der Waals surface area contributed by atoms with Gasteiger partial charge in [0, 0.05) is 17.3 Å². The highest BCUT2D eigenvalue weighted by Crippen LogP contribution is 2.38. The van der Waals surface area contributed by atoms with Crippen LogP contribution in [0, 0.1) is 0 Å². The predicted molar refractivity (Wildman–Crippen MR) is 122 cm³/mol. The van der Waals surface area contributed by atoms with Gasteiger partial charge in [0.15, 0.2) is 0 Å². The van der Waals surface area contributed by atoms with E-state index in [4.69, 9.17) is 10.2 Å². The van der Waals surface area contributed by atoms with Gasteiger partial charge >= 0.3 is 0 Å². The molecule has 2 heteroatoms. The van der Waals surface area contributed by atoms with E-state index in [0.29, 0.717) is 6.54 Å². The van der Waals surface area contributed by atoms with E-state index in [0.717, 1.165) is 27.5 Å². The average molecular weight is 373 g/mol. The summed E-state index contributed by atoms with van der Waals surface area (Å²) >= 11 is 0. The highest BCUT2D eigenvalue weighted by atomic mass is 16.3. The second kappa shape index (κ2) is 6.20. The van der Waals surface area contributed by atoms with Gasteiger partial charge in [0.25, 0.3) is 0 Å². The quantitative estimate of drug-likeness (QED) is 0.331. The Labute approximate surface area is 168 Å². The zero-order chi connectivity index (χ0) is 19.4. The summed E-state index contributed by atoms with van der Waals surface area (Å²) in [5.41, 5.74) is 11.3. The minimum atomic E-state index is 0.495. The Balaban J connectivity index is 1.71. The molecule has 0 unspecified atom stereocenters. The van der Waals surface area contributed by atoms with E-state index in [-0.39, 0.29) is 0 Å². The molecule has 0 atom stereocenters. The Bertz CT molecular complexity index is 1540. The van der Waals surface area contributed by atoms with Crippen LogP contribution in [0.2, 0.25) is 0 Å². The van der Waals surface area contributed by atoms with Crippen molar-refractivity contribution in [3.8, 4) is 11.1 Å². The van der Waals surface area contributed by atoms with Crippen LogP contribution in [0.4, 0.5) is 0 Å². The summed E-state index contributed by atoms with van der Waals surface area (Å²) < 4.78 is 6.09. The molecule has 1 aromatic heterocycles. The van der Waals surface area contributed by atoms with Gasteiger partial charge in [-0.1, -0.05) is 66.7 Å². The standard InChI is InChI=1S/C27H19NO/c28-16-19-7-5-11-26-27(19)24-15-18(12-13-25(24)29-26)23-14-17-6-1-2-8-20(17)21-9-3-4-10-22(21)23/h1-15H,16,28H2. The van der Waals surface area contributed by atoms with Gasteiger partial charge in [0.1, 0.15) is 11.2 Å². The van der Waals surface area contributed by atoms with Gasteiger partial charge < -0.3 is 10.2 Å². The molecule has 0 aliphatic heterocycles. The molecular weight excluding hydrogens is 354 g/mol. The molecule has 0 spiro atoms. The maximum Gasteiger partial charge on any atom is 0.135 e. The Morgan fingerprint density at radius 1 is 0.621 bits per heavy atom. The van der Waals surface area contributed by atoms with Gasteiger partial charge in [-0.3, -0.25) is 0 Å². The Hall–Kier alpha value is -3.62. The molecule has 2 nitrogen and oxygen atoms in total. The molecule has 2 N–H and O–H groups in total. The lowest BCUT2D eigenvalue weighted by Crippen LogP contribution is -1.96. The van der Waals surface area contributed by atoms with Gasteiger partial charge in [0.05, 0.1) is 0 Å². The normalized spacial score (nSPS) is 11.8. The first-order valence-corrected chi connectivity index (χ1v) is 9.88. The van der Waals surface area contributed by atoms with E-state index in [9.17, 15) is 0 Å². The minimum Gasteiger partial charge on any atom is -0.456 e. The second-order valence-electron chi connectivity index (χ2n) is 7.50. The summed E-state index contributed by atoms with van der Waals surface area (Å²) in [6.45, 7) is 0.495. The SMILES string of the molecule is NCc1cccc2oc3ccc(-c4cc5ccccc5c5ccccc45)cc3c12. The van der Waals surface area contributed by atoms with E-state index >= 15 is 0 Å². The van der Waals surface area contributed by atoms with Gasteiger partial charge in [0.2, 0.25) is 0 Å². The predicted octanol–water partition coefficient (Wildman–Crippen LogP) is 7.02. The zero-order valence-electron chi connectivity index (χ0n) is 15.9. The van der Waals surface area contributed by atoms with Gasteiger partial charge in [-0.25, -0.2) is 0 Å². The third-order valence-electron chi connectivity index (χ3n) is 5.88. The number of nitrogens with two attached hydrogens (primary N) is 1. The Kier molecular flexibility index (Phi) is 3.49. The number of furan rings is 1. The number of rotatable bonds is 2. The van der Waals surface area contributed by atoms with Crippen molar-refractivity contribution in [1.29, 1.82) is 0 Å². The van der Waals surface area contributed by atoms with Crippen molar-refractivity contribution < 1.29 is 4.42 Å². The number of hydrogen-bond donors (Lipinski definition) is 1. The maximum atomic E-state index is 6.09. The molecule has 29 heavy (non-hydrogen) atoms. The molecule has 0 amide bonds. The third kappa shape index (κ3) is 2.40. The lowest BCUT2D eigenvalue weighted by Gasteiger charge is -2.11. The van der Waals surface area contributed by atoms with E-state index in [1.807, 2.05) is 12.1 Å². The van der Waals surface area contributed by atoms with Crippen LogP contribution < -0.4 is 5.73 Å². The van der Waals surface area contributed by atoms with Crippen molar-refractivity contribution in [2.75, 3.05) is 0 Å². The number of fused-ring (bicyclic) bond motifs is 6. The van der Waals surface area contributed by atoms with Crippen molar-refractivity contribution in [3.05, 3.63) is 96.6 Å². The highest BCUT2D eigenvalue weighted by molar-refractivity contribution is 6.15. The first kappa shape index (κ1) is 16.3. The molecule has 0 aliphatic rings. The average Bonchev–Trinajstić information content (AvgIpc) is 3.16. The van der Waals surface area contributed by atoms with Crippen molar-refractivity contribution >= 4 is 43.5 Å². The van der Waals surface area contributed by atoms with Crippen molar-refractivity contribution in [2.45, 2.75) is 6.54 Å². The molecule has 5 aromatic carbocycles. The lowest BCUT2D eigenvalue weighted by atomic mass is 9.92. The lowest BCUT2D eigenvalue weighted by molar-refractivity contribution is 0.668. The molecule has 6 rings (SSSR count). The van der Waals surface area contributed by atoms with Gasteiger partial charge in [-0.05, 0) is 62.5 Å². The van der Waals surface area contributed by atoms with Crippen molar-refractivity contribution in [1.82, 2.24) is 0 Å². The minimum absolute atomic E-state index is 0.495. The summed E-state index contributed by atoms with van der Waals surface area (Å²) in [7, 11) is 0. The molecule has 6 aromatic rings. The Morgan fingerprint density at radius 3 is 2.28 bits per heavy atom. The monoisotopic (exact) mass is 373 g/mol. The molecule has 1 heterocycles. The summed E-state index contributed by atoms with van der Waals surface area (Å²) in [4.78, 5) is 0. The molecule has 0 saturated carbocycles. The summed E-state index contributed by atoms with van der Waals surface area (Å²) in [6, 6.07) is 32.1. The summed E-state index contributed by atoms with van der Waals surface area (Å²) in [5, 5.41) is 7.32. The molecule has 0 aliphatic carbocycles. The van der Waals surface area contributed by atoms with E-state index in [1.165, 1.54) is 32.7 Å².